The Morgan fingerprint density at radius 2 is 1.71 bits per heavy atom. The zero-order valence-electron chi connectivity index (χ0n) is 13.4. The van der Waals surface area contributed by atoms with E-state index in [0.717, 1.165) is 5.69 Å². The van der Waals surface area contributed by atoms with Crippen molar-refractivity contribution in [3.63, 3.8) is 0 Å². The summed E-state index contributed by atoms with van der Waals surface area (Å²) < 4.78 is 0. The molecule has 5 nitrogen and oxygen atoms in total. The Hall–Kier alpha value is -2.95. The van der Waals surface area contributed by atoms with Crippen molar-refractivity contribution < 1.29 is 14.4 Å². The molecule has 1 fully saturated rings. The molecular formula is C19H18N2O3. The third kappa shape index (κ3) is 3.20. The maximum atomic E-state index is 12.5. The van der Waals surface area contributed by atoms with E-state index >= 15 is 0 Å². The van der Waals surface area contributed by atoms with E-state index in [2.05, 4.69) is 5.32 Å². The number of carbonyl (C=O) groups is 3. The van der Waals surface area contributed by atoms with Crippen LogP contribution in [0.5, 0.6) is 0 Å². The van der Waals surface area contributed by atoms with Crippen LogP contribution in [0.1, 0.15) is 23.7 Å². The second-order valence-electron chi connectivity index (χ2n) is 5.83. The Bertz CT molecular complexity index is 786. The molecule has 1 unspecified atom stereocenters. The maximum Gasteiger partial charge on any atom is 0.229 e. The summed E-state index contributed by atoms with van der Waals surface area (Å²) in [6, 6.07) is 16.2. The minimum absolute atomic E-state index is 0.0683. The van der Waals surface area contributed by atoms with Gasteiger partial charge in [0.2, 0.25) is 11.8 Å². The number of hydrogen-bond acceptors (Lipinski definition) is 3. The van der Waals surface area contributed by atoms with Crippen LogP contribution in [-0.4, -0.2) is 24.1 Å². The van der Waals surface area contributed by atoms with Crippen LogP contribution >= 0.6 is 0 Å². The minimum atomic E-state index is -0.433. The number of nitrogens with one attached hydrogen (secondary N) is 1. The van der Waals surface area contributed by atoms with Crippen LogP contribution in [0.25, 0.3) is 0 Å². The Balaban J connectivity index is 1.73. The summed E-state index contributed by atoms with van der Waals surface area (Å²) in [5.41, 5.74) is 1.75. The molecule has 0 aromatic heterocycles. The Morgan fingerprint density at radius 1 is 1.04 bits per heavy atom. The van der Waals surface area contributed by atoms with Gasteiger partial charge in [-0.25, -0.2) is 0 Å². The van der Waals surface area contributed by atoms with E-state index in [4.69, 9.17) is 0 Å². The molecule has 0 bridgehead atoms. The lowest BCUT2D eigenvalue weighted by molar-refractivity contribution is -0.122. The fourth-order valence-electron chi connectivity index (χ4n) is 2.87. The molecular weight excluding hydrogens is 304 g/mol. The molecule has 2 amide bonds. The first-order valence-electron chi connectivity index (χ1n) is 7.82. The Morgan fingerprint density at radius 3 is 2.42 bits per heavy atom. The lowest BCUT2D eigenvalue weighted by Crippen LogP contribution is -2.28. The molecule has 2 aromatic rings. The molecule has 0 radical (unpaired) electrons. The number of anilines is 2. The van der Waals surface area contributed by atoms with Crippen LogP contribution in [0, 0.1) is 5.92 Å². The summed E-state index contributed by atoms with van der Waals surface area (Å²) in [5.74, 6) is -0.853. The maximum absolute atomic E-state index is 12.5. The largest absolute Gasteiger partial charge is 0.325 e. The van der Waals surface area contributed by atoms with Gasteiger partial charge in [-0.1, -0.05) is 30.3 Å². The predicted octanol–water partition coefficient (Wildman–Crippen LogP) is 2.88. The third-order valence-electron chi connectivity index (χ3n) is 4.13. The predicted molar refractivity (Wildman–Crippen MR) is 92.0 cm³/mol. The van der Waals surface area contributed by atoms with Gasteiger partial charge < -0.3 is 10.2 Å². The molecule has 0 spiro atoms. The molecule has 3 rings (SSSR count). The lowest BCUT2D eigenvalue weighted by Gasteiger charge is -2.17. The molecule has 2 aromatic carbocycles. The zero-order chi connectivity index (χ0) is 17.1. The van der Waals surface area contributed by atoms with E-state index < -0.39 is 5.92 Å². The van der Waals surface area contributed by atoms with Crippen LogP contribution in [0.3, 0.4) is 0 Å². The molecule has 5 heteroatoms. The van der Waals surface area contributed by atoms with Crippen LogP contribution < -0.4 is 10.2 Å². The number of Topliss-reactive ketones (excluding diaryl/α,β-unsaturated/α-hetero) is 1. The Labute approximate surface area is 140 Å². The molecule has 1 atom stereocenters. The fraction of sp³-hybridized carbons (Fsp3) is 0.211. The summed E-state index contributed by atoms with van der Waals surface area (Å²) in [4.78, 5) is 38.0. The number of carbonyl (C=O) groups excluding carboxylic acids is 3. The number of amides is 2. The summed E-state index contributed by atoms with van der Waals surface area (Å²) in [6.45, 7) is 1.80. The molecule has 1 N–H and O–H groups in total. The number of ketones is 1. The second kappa shape index (κ2) is 6.66. The number of rotatable bonds is 4. The molecule has 24 heavy (non-hydrogen) atoms. The van der Waals surface area contributed by atoms with Gasteiger partial charge in [-0.15, -0.1) is 0 Å². The quantitative estimate of drug-likeness (QED) is 0.880. The first kappa shape index (κ1) is 15.9. The van der Waals surface area contributed by atoms with Gasteiger partial charge in [0.15, 0.2) is 5.78 Å². The number of benzene rings is 2. The molecule has 1 saturated heterocycles. The first-order chi connectivity index (χ1) is 11.6. The third-order valence-corrected chi connectivity index (χ3v) is 4.13. The molecule has 1 heterocycles. The van der Waals surface area contributed by atoms with Crippen molar-refractivity contribution in [2.75, 3.05) is 16.8 Å². The highest BCUT2D eigenvalue weighted by atomic mass is 16.2. The second-order valence-corrected chi connectivity index (χ2v) is 5.83. The van der Waals surface area contributed by atoms with Gasteiger partial charge >= 0.3 is 0 Å². The molecule has 1 aliphatic rings. The van der Waals surface area contributed by atoms with Crippen LogP contribution in [0.2, 0.25) is 0 Å². The van der Waals surface area contributed by atoms with Crippen molar-refractivity contribution in [3.8, 4) is 0 Å². The number of para-hydroxylation sites is 2. The summed E-state index contributed by atoms with van der Waals surface area (Å²) >= 11 is 0. The lowest BCUT2D eigenvalue weighted by atomic mass is 10.1. The monoisotopic (exact) mass is 322 g/mol. The standard InChI is InChI=1S/C19H18N2O3/c1-13(22)16-9-5-6-10-17(16)20-19(24)14-11-18(23)21(12-14)15-7-3-2-4-8-15/h2-10,14H,11-12H2,1H3,(H,20,24). The summed E-state index contributed by atoms with van der Waals surface area (Å²) in [6.07, 6.45) is 0.170. The van der Waals surface area contributed by atoms with Crippen molar-refractivity contribution in [2.24, 2.45) is 5.92 Å². The summed E-state index contributed by atoms with van der Waals surface area (Å²) in [5, 5.41) is 2.79. The van der Waals surface area contributed by atoms with E-state index in [1.165, 1.54) is 6.92 Å². The van der Waals surface area contributed by atoms with E-state index in [-0.39, 0.29) is 24.0 Å². The van der Waals surface area contributed by atoms with Gasteiger partial charge in [0.05, 0.1) is 11.6 Å². The van der Waals surface area contributed by atoms with Crippen LogP contribution in [-0.2, 0) is 9.59 Å². The average molecular weight is 322 g/mol. The van der Waals surface area contributed by atoms with Crippen molar-refractivity contribution in [1.82, 2.24) is 0 Å². The zero-order valence-corrected chi connectivity index (χ0v) is 13.4. The number of nitrogens with zero attached hydrogens (tertiary/aromatic N) is 1. The Kier molecular flexibility index (Phi) is 4.42. The highest BCUT2D eigenvalue weighted by Gasteiger charge is 2.35. The van der Waals surface area contributed by atoms with E-state index in [1.54, 1.807) is 29.2 Å². The topological polar surface area (TPSA) is 66.5 Å². The van der Waals surface area contributed by atoms with E-state index in [1.807, 2.05) is 30.3 Å². The molecule has 122 valence electrons. The smallest absolute Gasteiger partial charge is 0.229 e. The highest BCUT2D eigenvalue weighted by Crippen LogP contribution is 2.26. The molecule has 0 aliphatic carbocycles. The van der Waals surface area contributed by atoms with E-state index in [0.29, 0.717) is 17.8 Å². The van der Waals surface area contributed by atoms with Crippen LogP contribution in [0.15, 0.2) is 54.6 Å². The van der Waals surface area contributed by atoms with Gasteiger partial charge in [0.25, 0.3) is 0 Å². The van der Waals surface area contributed by atoms with Crippen molar-refractivity contribution >= 4 is 29.0 Å². The van der Waals surface area contributed by atoms with Crippen molar-refractivity contribution in [3.05, 3.63) is 60.2 Å². The highest BCUT2D eigenvalue weighted by molar-refractivity contribution is 6.07. The molecule has 0 saturated carbocycles. The fourth-order valence-corrected chi connectivity index (χ4v) is 2.87. The van der Waals surface area contributed by atoms with Crippen LogP contribution in [0.4, 0.5) is 11.4 Å². The van der Waals surface area contributed by atoms with Gasteiger partial charge in [0, 0.05) is 24.2 Å². The normalized spacial score (nSPS) is 17.0. The van der Waals surface area contributed by atoms with Gasteiger partial charge in [-0.05, 0) is 31.2 Å². The number of hydrogen-bond donors (Lipinski definition) is 1. The molecule has 1 aliphatic heterocycles. The minimum Gasteiger partial charge on any atom is -0.325 e. The van der Waals surface area contributed by atoms with Gasteiger partial charge in [0.1, 0.15) is 0 Å². The van der Waals surface area contributed by atoms with Gasteiger partial charge in [-0.2, -0.15) is 0 Å². The van der Waals surface area contributed by atoms with E-state index in [9.17, 15) is 14.4 Å². The average Bonchev–Trinajstić information content (AvgIpc) is 2.98. The van der Waals surface area contributed by atoms with Gasteiger partial charge in [-0.3, -0.25) is 14.4 Å². The summed E-state index contributed by atoms with van der Waals surface area (Å²) in [7, 11) is 0. The SMILES string of the molecule is CC(=O)c1ccccc1NC(=O)C1CC(=O)N(c2ccccc2)C1. The van der Waals surface area contributed by atoms with Crippen molar-refractivity contribution in [2.45, 2.75) is 13.3 Å². The first-order valence-corrected chi connectivity index (χ1v) is 7.82. The van der Waals surface area contributed by atoms with Crippen molar-refractivity contribution in [1.29, 1.82) is 0 Å².